The Balaban J connectivity index is 0.000000216. The molecule has 8 rings (SSSR count). The molecule has 16 heteroatoms. The van der Waals surface area contributed by atoms with E-state index in [1.165, 1.54) is 0 Å². The first-order valence-electron chi connectivity index (χ1n) is 24.2. The van der Waals surface area contributed by atoms with Crippen molar-refractivity contribution in [1.82, 2.24) is 20.6 Å². The van der Waals surface area contributed by atoms with Gasteiger partial charge in [0.15, 0.2) is 0 Å². The van der Waals surface area contributed by atoms with Crippen LogP contribution in [0.5, 0.6) is 0 Å². The maximum atomic E-state index is 12.5. The highest BCUT2D eigenvalue weighted by molar-refractivity contribution is 6.39. The SMILES string of the molecule is CCC[C@H](c1ccc(C(=O)NCCC(=O)O)cc1)[C@@H](c1ccc(Cl)cc1)c1c[nH]c2c(Cl)cc(Cl)cc12.CCC[C@H](c1ccc(C(=O)NCCC(=O)O)cc1)[C@@H](c1ccc(Cl)cc1)c1c[nH]c2c(Cl)cc(Cl)cc12. The average molecular weight is 1120 g/mol. The van der Waals surface area contributed by atoms with Crippen molar-refractivity contribution in [1.29, 1.82) is 0 Å². The third-order valence-corrected chi connectivity index (χ3v) is 14.6. The molecular weight excluding hydrogens is 1060 g/mol. The fourth-order valence-electron chi connectivity index (χ4n) is 9.67. The van der Waals surface area contributed by atoms with E-state index in [1.807, 2.05) is 97.3 Å². The zero-order valence-electron chi connectivity index (χ0n) is 40.5. The van der Waals surface area contributed by atoms with Crippen LogP contribution >= 0.6 is 69.6 Å². The van der Waals surface area contributed by atoms with Gasteiger partial charge < -0.3 is 30.8 Å². The summed E-state index contributed by atoms with van der Waals surface area (Å²) in [5.41, 5.74) is 9.19. The molecule has 384 valence electrons. The molecule has 2 heterocycles. The quantitative estimate of drug-likeness (QED) is 0.0445. The number of nitrogens with one attached hydrogen (secondary N) is 4. The molecule has 6 N–H and O–H groups in total. The largest absolute Gasteiger partial charge is 0.481 e. The normalized spacial score (nSPS) is 12.9. The van der Waals surface area contributed by atoms with E-state index in [0.29, 0.717) is 41.3 Å². The number of hydrogen-bond acceptors (Lipinski definition) is 4. The lowest BCUT2D eigenvalue weighted by atomic mass is 9.75. The number of aromatic amines is 2. The lowest BCUT2D eigenvalue weighted by Gasteiger charge is -2.28. The highest BCUT2D eigenvalue weighted by atomic mass is 35.5. The lowest BCUT2D eigenvalue weighted by Crippen LogP contribution is -2.26. The van der Waals surface area contributed by atoms with Crippen molar-refractivity contribution in [2.24, 2.45) is 0 Å². The molecule has 0 aliphatic carbocycles. The van der Waals surface area contributed by atoms with Gasteiger partial charge in [-0.3, -0.25) is 19.2 Å². The molecule has 8 aromatic rings. The summed E-state index contributed by atoms with van der Waals surface area (Å²) in [6.07, 6.45) is 7.47. The Hall–Kier alpha value is -5.98. The van der Waals surface area contributed by atoms with Crippen LogP contribution in [0.4, 0.5) is 0 Å². The predicted octanol–water partition coefficient (Wildman–Crippen LogP) is 16.1. The van der Waals surface area contributed by atoms with Gasteiger partial charge >= 0.3 is 11.9 Å². The minimum Gasteiger partial charge on any atom is -0.481 e. The summed E-state index contributed by atoms with van der Waals surface area (Å²) >= 11 is 38.2. The van der Waals surface area contributed by atoms with Crippen LogP contribution in [-0.2, 0) is 9.59 Å². The Morgan fingerprint density at radius 3 is 1.14 bits per heavy atom. The van der Waals surface area contributed by atoms with Gasteiger partial charge in [0.25, 0.3) is 11.8 Å². The van der Waals surface area contributed by atoms with Crippen LogP contribution in [0.3, 0.4) is 0 Å². The highest BCUT2D eigenvalue weighted by Crippen LogP contribution is 2.47. The zero-order valence-corrected chi connectivity index (χ0v) is 45.0. The number of benzene rings is 6. The van der Waals surface area contributed by atoms with Crippen LogP contribution in [0.2, 0.25) is 30.1 Å². The summed E-state index contributed by atoms with van der Waals surface area (Å²) in [7, 11) is 0. The monoisotopic (exact) mass is 1110 g/mol. The third kappa shape index (κ3) is 13.8. The molecular formula is C58H54Cl6N4O6. The minimum absolute atomic E-state index is 0.0317. The molecule has 0 aliphatic heterocycles. The molecule has 10 nitrogen and oxygen atoms in total. The number of hydrogen-bond donors (Lipinski definition) is 6. The average Bonchev–Trinajstić information content (AvgIpc) is 3.99. The van der Waals surface area contributed by atoms with E-state index in [9.17, 15) is 19.2 Å². The van der Waals surface area contributed by atoms with Crippen LogP contribution in [0.1, 0.15) is 130 Å². The maximum absolute atomic E-state index is 12.5. The second kappa shape index (κ2) is 26.0. The van der Waals surface area contributed by atoms with Crippen LogP contribution in [-0.4, -0.2) is 57.0 Å². The van der Waals surface area contributed by atoms with E-state index >= 15 is 0 Å². The number of carboxylic acid groups (broad SMARTS) is 2. The smallest absolute Gasteiger partial charge is 0.305 e. The fourth-order valence-corrected chi connectivity index (χ4v) is 11.0. The molecule has 74 heavy (non-hydrogen) atoms. The summed E-state index contributed by atoms with van der Waals surface area (Å²) in [5, 5.41) is 28.4. The lowest BCUT2D eigenvalue weighted by molar-refractivity contribution is -0.137. The van der Waals surface area contributed by atoms with E-state index < -0.39 is 11.9 Å². The summed E-state index contributed by atoms with van der Waals surface area (Å²) in [6.45, 7) is 4.47. The Morgan fingerprint density at radius 1 is 0.473 bits per heavy atom. The molecule has 0 radical (unpaired) electrons. The molecule has 0 spiro atoms. The van der Waals surface area contributed by atoms with Crippen LogP contribution in [0.25, 0.3) is 21.8 Å². The number of amides is 2. The number of halogens is 6. The van der Waals surface area contributed by atoms with Crippen molar-refractivity contribution in [3.05, 3.63) is 208 Å². The van der Waals surface area contributed by atoms with Crippen molar-refractivity contribution in [2.45, 2.75) is 76.0 Å². The topological polar surface area (TPSA) is 164 Å². The number of carboxylic acids is 2. The van der Waals surface area contributed by atoms with Gasteiger partial charge in [-0.05, 0) is 131 Å². The van der Waals surface area contributed by atoms with E-state index in [0.717, 1.165) is 80.9 Å². The highest BCUT2D eigenvalue weighted by Gasteiger charge is 2.31. The minimum atomic E-state index is -0.953. The number of fused-ring (bicyclic) bond motifs is 2. The standard InChI is InChI=1S/2C29H27Cl3N2O3/c2*1-2-3-22(17-4-6-19(7-5-17)29(37)33-13-12-26(35)36)27(18-8-10-20(30)11-9-18)24-16-34-28-23(24)14-21(31)15-25(28)32/h2*4-11,14-16,22,27,34H,2-3,12-13H2,1H3,(H,33,37)(H,35,36)/t2*22-,27-/m11/s1. The van der Waals surface area contributed by atoms with Crippen molar-refractivity contribution in [3.8, 4) is 0 Å². The number of carbonyl (C=O) groups is 4. The second-order valence-corrected chi connectivity index (χ2v) is 20.6. The second-order valence-electron chi connectivity index (χ2n) is 18.0. The molecule has 2 amide bonds. The Labute approximate surface area is 459 Å². The van der Waals surface area contributed by atoms with E-state index in [-0.39, 0.29) is 61.4 Å². The van der Waals surface area contributed by atoms with Crippen LogP contribution in [0.15, 0.2) is 134 Å². The van der Waals surface area contributed by atoms with Crippen molar-refractivity contribution in [2.75, 3.05) is 13.1 Å². The van der Waals surface area contributed by atoms with Crippen LogP contribution in [0, 0.1) is 0 Å². The Bertz CT molecular complexity index is 3010. The molecule has 0 saturated heterocycles. The first-order valence-corrected chi connectivity index (χ1v) is 26.5. The summed E-state index contributed by atoms with van der Waals surface area (Å²) < 4.78 is 0. The summed E-state index contributed by atoms with van der Waals surface area (Å²) in [6, 6.07) is 38.2. The van der Waals surface area contributed by atoms with Gasteiger partial charge in [-0.25, -0.2) is 0 Å². The number of H-pyrrole nitrogens is 2. The molecule has 0 unspecified atom stereocenters. The molecule has 0 bridgehead atoms. The third-order valence-electron chi connectivity index (χ3n) is 13.1. The van der Waals surface area contributed by atoms with E-state index in [4.69, 9.17) is 79.8 Å². The van der Waals surface area contributed by atoms with Gasteiger partial charge in [-0.15, -0.1) is 0 Å². The van der Waals surface area contributed by atoms with Crippen LogP contribution < -0.4 is 10.6 Å². The fraction of sp³-hybridized carbons (Fsp3) is 0.241. The zero-order chi connectivity index (χ0) is 53.1. The molecule has 2 aromatic heterocycles. The maximum Gasteiger partial charge on any atom is 0.305 e. The number of aromatic nitrogens is 2. The van der Waals surface area contributed by atoms with Gasteiger partial charge in [-0.1, -0.05) is 145 Å². The number of carbonyl (C=O) groups excluding carboxylic acids is 2. The first-order chi connectivity index (χ1) is 35.6. The Morgan fingerprint density at radius 2 is 0.811 bits per heavy atom. The van der Waals surface area contributed by atoms with E-state index in [2.05, 4.69) is 34.4 Å². The molecule has 6 aromatic carbocycles. The first kappa shape index (κ1) is 55.8. The molecule has 0 saturated carbocycles. The van der Waals surface area contributed by atoms with Gasteiger partial charge in [0.05, 0.1) is 33.9 Å². The van der Waals surface area contributed by atoms with Crippen molar-refractivity contribution >= 4 is 115 Å². The van der Waals surface area contributed by atoms with Crippen molar-refractivity contribution < 1.29 is 29.4 Å². The molecule has 4 atom stereocenters. The van der Waals surface area contributed by atoms with Gasteiger partial charge in [-0.2, -0.15) is 0 Å². The molecule has 0 aliphatic rings. The van der Waals surface area contributed by atoms with E-state index in [1.54, 1.807) is 36.4 Å². The summed E-state index contributed by atoms with van der Waals surface area (Å²) in [5.74, 6) is -2.38. The number of rotatable bonds is 20. The predicted molar refractivity (Wildman–Crippen MR) is 301 cm³/mol. The van der Waals surface area contributed by atoms with Gasteiger partial charge in [0, 0.05) is 79.3 Å². The van der Waals surface area contributed by atoms with Gasteiger partial charge in [0.1, 0.15) is 0 Å². The number of aliphatic carboxylic acids is 2. The van der Waals surface area contributed by atoms with Gasteiger partial charge in [0.2, 0.25) is 0 Å². The van der Waals surface area contributed by atoms with Crippen molar-refractivity contribution in [3.63, 3.8) is 0 Å². The Kier molecular flexibility index (Phi) is 19.6. The summed E-state index contributed by atoms with van der Waals surface area (Å²) in [4.78, 5) is 53.1. The molecule has 0 fully saturated rings.